The van der Waals surface area contributed by atoms with Gasteiger partial charge in [-0.15, -0.1) is 0 Å². The van der Waals surface area contributed by atoms with Gasteiger partial charge in [-0.25, -0.2) is 0 Å². The van der Waals surface area contributed by atoms with Crippen molar-refractivity contribution in [1.82, 2.24) is 10.2 Å². The highest BCUT2D eigenvalue weighted by Gasteiger charge is 2.38. The van der Waals surface area contributed by atoms with Crippen LogP contribution in [0.25, 0.3) is 0 Å². The Balaban J connectivity index is 2.06. The molecular weight excluding hydrogens is 292 g/mol. The van der Waals surface area contributed by atoms with Crippen molar-refractivity contribution >= 4 is 21.8 Å². The number of carbonyl (C=O) groups is 1. The van der Waals surface area contributed by atoms with Gasteiger partial charge < -0.3 is 10.2 Å². The van der Waals surface area contributed by atoms with E-state index in [0.29, 0.717) is 6.54 Å². The van der Waals surface area contributed by atoms with E-state index in [-0.39, 0.29) is 11.3 Å². The lowest BCUT2D eigenvalue weighted by Crippen LogP contribution is -2.41. The van der Waals surface area contributed by atoms with Gasteiger partial charge in [-0.2, -0.15) is 0 Å². The molecule has 0 bridgehead atoms. The Morgan fingerprint density at radius 2 is 2.22 bits per heavy atom. The van der Waals surface area contributed by atoms with Gasteiger partial charge in [0, 0.05) is 24.6 Å². The van der Waals surface area contributed by atoms with E-state index >= 15 is 0 Å². The van der Waals surface area contributed by atoms with Gasteiger partial charge in [0.05, 0.1) is 5.41 Å². The molecule has 98 valence electrons. The highest BCUT2D eigenvalue weighted by atomic mass is 79.9. The van der Waals surface area contributed by atoms with Gasteiger partial charge >= 0.3 is 0 Å². The third-order valence-corrected chi connectivity index (χ3v) is 4.37. The molecule has 1 aliphatic heterocycles. The van der Waals surface area contributed by atoms with Crippen LogP contribution in [0.3, 0.4) is 0 Å². The molecule has 1 amide bonds. The van der Waals surface area contributed by atoms with Gasteiger partial charge in [0.15, 0.2) is 0 Å². The third kappa shape index (κ3) is 2.75. The fourth-order valence-electron chi connectivity index (χ4n) is 2.41. The lowest BCUT2D eigenvalue weighted by Gasteiger charge is -2.28. The molecule has 4 heteroatoms. The van der Waals surface area contributed by atoms with E-state index in [2.05, 4.69) is 21.2 Å². The number of nitrogens with one attached hydrogen (secondary N) is 1. The smallest absolute Gasteiger partial charge is 0.229 e. The minimum Gasteiger partial charge on any atom is -0.341 e. The van der Waals surface area contributed by atoms with Crippen molar-refractivity contribution in [2.45, 2.75) is 19.9 Å². The van der Waals surface area contributed by atoms with Crippen LogP contribution in [0.2, 0.25) is 0 Å². The molecule has 1 aromatic carbocycles. The van der Waals surface area contributed by atoms with Gasteiger partial charge in [0.2, 0.25) is 5.91 Å². The summed E-state index contributed by atoms with van der Waals surface area (Å²) in [7, 11) is 1.88. The molecule has 18 heavy (non-hydrogen) atoms. The van der Waals surface area contributed by atoms with Crippen molar-refractivity contribution < 1.29 is 4.79 Å². The van der Waals surface area contributed by atoms with E-state index in [1.807, 2.05) is 43.1 Å². The monoisotopic (exact) mass is 310 g/mol. The third-order valence-electron chi connectivity index (χ3n) is 3.60. The molecule has 0 aliphatic carbocycles. The topological polar surface area (TPSA) is 32.3 Å². The molecule has 1 heterocycles. The minimum absolute atomic E-state index is 0.225. The van der Waals surface area contributed by atoms with Gasteiger partial charge in [-0.05, 0) is 31.5 Å². The van der Waals surface area contributed by atoms with Gasteiger partial charge in [0.1, 0.15) is 0 Å². The maximum Gasteiger partial charge on any atom is 0.229 e. The Hall–Kier alpha value is -0.870. The summed E-state index contributed by atoms with van der Waals surface area (Å²) in [5.74, 6) is 0.225. The van der Waals surface area contributed by atoms with E-state index in [9.17, 15) is 4.79 Å². The fraction of sp³-hybridized carbons (Fsp3) is 0.500. The van der Waals surface area contributed by atoms with Crippen LogP contribution in [0.5, 0.6) is 0 Å². The lowest BCUT2D eigenvalue weighted by molar-refractivity contribution is -0.139. The summed E-state index contributed by atoms with van der Waals surface area (Å²) in [5, 5.41) is 3.27. The van der Waals surface area contributed by atoms with E-state index < -0.39 is 0 Å². The van der Waals surface area contributed by atoms with Gasteiger partial charge in [-0.3, -0.25) is 4.79 Å². The molecule has 3 nitrogen and oxygen atoms in total. The van der Waals surface area contributed by atoms with Crippen LogP contribution in [0.1, 0.15) is 18.9 Å². The largest absolute Gasteiger partial charge is 0.341 e. The Morgan fingerprint density at radius 3 is 2.83 bits per heavy atom. The molecule has 1 N–H and O–H groups in total. The van der Waals surface area contributed by atoms with Crippen LogP contribution in [0, 0.1) is 5.41 Å². The summed E-state index contributed by atoms with van der Waals surface area (Å²) in [4.78, 5) is 14.3. The second kappa shape index (κ2) is 5.41. The zero-order chi connectivity index (χ0) is 13.2. The molecule has 0 radical (unpaired) electrons. The van der Waals surface area contributed by atoms with Crippen LogP contribution >= 0.6 is 15.9 Å². The first-order valence-electron chi connectivity index (χ1n) is 6.23. The van der Waals surface area contributed by atoms with E-state index in [0.717, 1.165) is 29.5 Å². The maximum atomic E-state index is 12.5. The second-order valence-corrected chi connectivity index (χ2v) is 6.09. The first-order chi connectivity index (χ1) is 8.53. The van der Waals surface area contributed by atoms with Crippen LogP contribution in [0.15, 0.2) is 28.7 Å². The Kier molecular flexibility index (Phi) is 4.07. The first kappa shape index (κ1) is 13.6. The number of benzene rings is 1. The predicted octanol–water partition coefficient (Wildman–Crippen LogP) is 2.41. The molecule has 2 rings (SSSR count). The molecule has 0 unspecified atom stereocenters. The molecule has 1 saturated heterocycles. The molecule has 1 atom stereocenters. The molecule has 0 aromatic heterocycles. The van der Waals surface area contributed by atoms with E-state index in [1.54, 1.807) is 0 Å². The first-order valence-corrected chi connectivity index (χ1v) is 7.02. The summed E-state index contributed by atoms with van der Waals surface area (Å²) in [6, 6.07) is 8.03. The van der Waals surface area contributed by atoms with Crippen molar-refractivity contribution in [3.63, 3.8) is 0 Å². The highest BCUT2D eigenvalue weighted by Crippen LogP contribution is 2.28. The van der Waals surface area contributed by atoms with Gasteiger partial charge in [0.25, 0.3) is 0 Å². The summed E-state index contributed by atoms with van der Waals surface area (Å²) in [6.45, 7) is 4.42. The van der Waals surface area contributed by atoms with Crippen LogP contribution in [-0.4, -0.2) is 30.9 Å². The summed E-state index contributed by atoms with van der Waals surface area (Å²) < 4.78 is 1.05. The molecule has 0 saturated carbocycles. The number of rotatable bonds is 3. The normalized spacial score (nSPS) is 23.1. The van der Waals surface area contributed by atoms with Crippen LogP contribution in [-0.2, 0) is 11.3 Å². The number of carbonyl (C=O) groups excluding carboxylic acids is 1. The predicted molar refractivity (Wildman–Crippen MR) is 76.2 cm³/mol. The second-order valence-electron chi connectivity index (χ2n) is 5.24. The van der Waals surface area contributed by atoms with Crippen molar-refractivity contribution in [1.29, 1.82) is 0 Å². The minimum atomic E-state index is -0.240. The SMILES string of the molecule is CN(Cc1ccccc1Br)C(=O)[C@]1(C)CCNC1. The van der Waals surface area contributed by atoms with Gasteiger partial charge in [-0.1, -0.05) is 34.1 Å². The Bertz CT molecular complexity index is 441. The van der Waals surface area contributed by atoms with Crippen LogP contribution in [0.4, 0.5) is 0 Å². The number of hydrogen-bond donors (Lipinski definition) is 1. The number of nitrogens with zero attached hydrogens (tertiary/aromatic N) is 1. The number of hydrogen-bond acceptors (Lipinski definition) is 2. The highest BCUT2D eigenvalue weighted by molar-refractivity contribution is 9.10. The molecule has 1 aromatic rings. The van der Waals surface area contributed by atoms with E-state index in [4.69, 9.17) is 0 Å². The standard InChI is InChI=1S/C14H19BrN2O/c1-14(7-8-16-10-14)13(18)17(2)9-11-5-3-4-6-12(11)15/h3-6,16H,7-10H2,1-2H3/t14-/m1/s1. The van der Waals surface area contributed by atoms with Crippen molar-refractivity contribution in [3.05, 3.63) is 34.3 Å². The van der Waals surface area contributed by atoms with E-state index in [1.165, 1.54) is 0 Å². The fourth-order valence-corrected chi connectivity index (χ4v) is 2.82. The summed E-state index contributed by atoms with van der Waals surface area (Å²) in [5.41, 5.74) is 0.902. The zero-order valence-electron chi connectivity index (χ0n) is 10.9. The Labute approximate surface area is 117 Å². The van der Waals surface area contributed by atoms with Crippen molar-refractivity contribution in [2.24, 2.45) is 5.41 Å². The van der Waals surface area contributed by atoms with Crippen LogP contribution < -0.4 is 5.32 Å². The lowest BCUT2D eigenvalue weighted by atomic mass is 9.88. The average Bonchev–Trinajstić information content (AvgIpc) is 2.79. The maximum absolute atomic E-state index is 12.5. The average molecular weight is 311 g/mol. The molecular formula is C14H19BrN2O. The number of halogens is 1. The van der Waals surface area contributed by atoms with Crippen molar-refractivity contribution in [3.8, 4) is 0 Å². The number of amides is 1. The summed E-state index contributed by atoms with van der Waals surface area (Å²) >= 11 is 3.52. The molecule has 1 aliphatic rings. The summed E-state index contributed by atoms with van der Waals surface area (Å²) in [6.07, 6.45) is 0.923. The molecule has 1 fully saturated rings. The Morgan fingerprint density at radius 1 is 1.50 bits per heavy atom. The zero-order valence-corrected chi connectivity index (χ0v) is 12.5. The van der Waals surface area contributed by atoms with Crippen molar-refractivity contribution in [2.75, 3.05) is 20.1 Å². The quantitative estimate of drug-likeness (QED) is 0.930. The molecule has 0 spiro atoms.